The summed E-state index contributed by atoms with van der Waals surface area (Å²) in [5.41, 5.74) is 0. The van der Waals surface area contributed by atoms with E-state index < -0.39 is 0 Å². The first-order valence-corrected chi connectivity index (χ1v) is 6.18. The van der Waals surface area contributed by atoms with Gasteiger partial charge in [-0.1, -0.05) is 63.3 Å². The van der Waals surface area contributed by atoms with Crippen molar-refractivity contribution in [2.75, 3.05) is 0 Å². The second-order valence-corrected chi connectivity index (χ2v) is 3.83. The van der Waals surface area contributed by atoms with Gasteiger partial charge in [-0.2, -0.15) is 0 Å². The number of hydrogen-bond acceptors (Lipinski definition) is 0. The van der Waals surface area contributed by atoms with Crippen LogP contribution in [0.3, 0.4) is 0 Å². The molecule has 0 spiro atoms. The van der Waals surface area contributed by atoms with Gasteiger partial charge in [-0.3, -0.25) is 0 Å². The Kier molecular flexibility index (Phi) is 12.0. The minimum absolute atomic E-state index is 1.10. The van der Waals surface area contributed by atoms with Crippen LogP contribution in [0.25, 0.3) is 0 Å². The lowest BCUT2D eigenvalue weighted by atomic mass is 10.1. The van der Waals surface area contributed by atoms with Crippen molar-refractivity contribution in [2.24, 2.45) is 0 Å². The first-order chi connectivity index (χ1) is 6.91. The molecule has 82 valence electrons. The average Bonchev–Trinajstić information content (AvgIpc) is 2.21. The third kappa shape index (κ3) is 11.5. The van der Waals surface area contributed by atoms with Crippen LogP contribution in [0.5, 0.6) is 0 Å². The third-order valence-electron chi connectivity index (χ3n) is 2.40. The fourth-order valence-electron chi connectivity index (χ4n) is 1.47. The fraction of sp³-hybridized carbons (Fsp3) is 0.714. The molecule has 0 saturated heterocycles. The van der Waals surface area contributed by atoms with E-state index in [1.54, 1.807) is 0 Å². The van der Waals surface area contributed by atoms with Crippen LogP contribution in [0.1, 0.15) is 65.2 Å². The van der Waals surface area contributed by atoms with Crippen molar-refractivity contribution in [1.82, 2.24) is 0 Å². The lowest BCUT2D eigenvalue weighted by molar-refractivity contribution is 0.611. The van der Waals surface area contributed by atoms with E-state index in [1.807, 2.05) is 0 Å². The van der Waals surface area contributed by atoms with Gasteiger partial charge in [0.1, 0.15) is 0 Å². The summed E-state index contributed by atoms with van der Waals surface area (Å²) in [4.78, 5) is 0. The molecule has 0 aromatic carbocycles. The monoisotopic (exact) mass is 194 g/mol. The van der Waals surface area contributed by atoms with Crippen molar-refractivity contribution in [3.8, 4) is 0 Å². The summed E-state index contributed by atoms with van der Waals surface area (Å²) in [5.74, 6) is 0. The molecular weight excluding hydrogens is 168 g/mol. The van der Waals surface area contributed by atoms with Crippen LogP contribution in [0.2, 0.25) is 0 Å². The summed E-state index contributed by atoms with van der Waals surface area (Å²) in [6, 6.07) is 0. The van der Waals surface area contributed by atoms with Crippen molar-refractivity contribution in [2.45, 2.75) is 65.2 Å². The lowest BCUT2D eigenvalue weighted by Crippen LogP contribution is -1.77. The van der Waals surface area contributed by atoms with Gasteiger partial charge in [0.15, 0.2) is 0 Å². The third-order valence-corrected chi connectivity index (χ3v) is 2.40. The van der Waals surface area contributed by atoms with Crippen LogP contribution >= 0.6 is 0 Å². The number of unbranched alkanes of at least 4 members (excludes halogenated alkanes) is 6. The van der Waals surface area contributed by atoms with Crippen LogP contribution in [0.4, 0.5) is 0 Å². The molecule has 0 unspecified atom stereocenters. The largest absolute Gasteiger partial charge is 0.0914 e. The standard InChI is InChI=1S/C14H26/c1-3-5-7-9-11-13-14-12-10-8-6-4-2/h3,5,9,11H,4,6-8,10,12-14H2,1-2H3. The van der Waals surface area contributed by atoms with Crippen molar-refractivity contribution >= 4 is 0 Å². The highest BCUT2D eigenvalue weighted by Gasteiger charge is 1.87. The van der Waals surface area contributed by atoms with E-state index in [1.165, 1.54) is 44.9 Å². The zero-order chi connectivity index (χ0) is 10.5. The quantitative estimate of drug-likeness (QED) is 0.347. The molecular formula is C14H26. The van der Waals surface area contributed by atoms with Crippen molar-refractivity contribution in [3.05, 3.63) is 24.3 Å². The first kappa shape index (κ1) is 13.5. The molecule has 0 rings (SSSR count). The molecule has 0 nitrogen and oxygen atoms in total. The van der Waals surface area contributed by atoms with Crippen LogP contribution in [-0.2, 0) is 0 Å². The molecule has 0 atom stereocenters. The van der Waals surface area contributed by atoms with E-state index in [2.05, 4.69) is 38.2 Å². The molecule has 0 N–H and O–H groups in total. The van der Waals surface area contributed by atoms with E-state index in [4.69, 9.17) is 0 Å². The lowest BCUT2D eigenvalue weighted by Gasteiger charge is -1.97. The Labute approximate surface area is 90.1 Å². The molecule has 0 aliphatic heterocycles. The molecule has 0 heterocycles. The summed E-state index contributed by atoms with van der Waals surface area (Å²) in [7, 11) is 0. The molecule has 14 heavy (non-hydrogen) atoms. The highest BCUT2D eigenvalue weighted by Crippen LogP contribution is 2.07. The Morgan fingerprint density at radius 2 is 1.50 bits per heavy atom. The normalized spacial score (nSPS) is 11.9. The van der Waals surface area contributed by atoms with Gasteiger partial charge in [0.2, 0.25) is 0 Å². The first-order valence-electron chi connectivity index (χ1n) is 6.18. The van der Waals surface area contributed by atoms with Crippen LogP contribution < -0.4 is 0 Å². The zero-order valence-corrected chi connectivity index (χ0v) is 9.97. The zero-order valence-electron chi connectivity index (χ0n) is 9.97. The van der Waals surface area contributed by atoms with Gasteiger partial charge >= 0.3 is 0 Å². The van der Waals surface area contributed by atoms with E-state index >= 15 is 0 Å². The van der Waals surface area contributed by atoms with Crippen molar-refractivity contribution < 1.29 is 0 Å². The molecule has 0 bridgehead atoms. The van der Waals surface area contributed by atoms with Crippen molar-refractivity contribution in [3.63, 3.8) is 0 Å². The summed E-state index contributed by atoms with van der Waals surface area (Å²) >= 11 is 0. The Morgan fingerprint density at radius 1 is 0.786 bits per heavy atom. The maximum atomic E-state index is 2.32. The number of rotatable bonds is 9. The van der Waals surface area contributed by atoms with E-state index in [0.717, 1.165) is 6.42 Å². The summed E-state index contributed by atoms with van der Waals surface area (Å²) in [5, 5.41) is 0. The molecule has 0 aromatic rings. The predicted octanol–water partition coefficient (Wildman–Crippen LogP) is 5.26. The molecule has 0 fully saturated rings. The van der Waals surface area contributed by atoms with E-state index in [-0.39, 0.29) is 0 Å². The molecule has 0 radical (unpaired) electrons. The molecule has 0 heteroatoms. The minimum atomic E-state index is 1.10. The second kappa shape index (κ2) is 12.5. The molecule has 0 aliphatic rings. The Hall–Kier alpha value is -0.520. The Bertz CT molecular complexity index is 142. The van der Waals surface area contributed by atoms with Gasteiger partial charge in [0.05, 0.1) is 0 Å². The van der Waals surface area contributed by atoms with Gasteiger partial charge in [0.25, 0.3) is 0 Å². The highest BCUT2D eigenvalue weighted by atomic mass is 13.9. The fourth-order valence-corrected chi connectivity index (χ4v) is 1.47. The van der Waals surface area contributed by atoms with Crippen LogP contribution in [0, 0.1) is 0 Å². The second-order valence-electron chi connectivity index (χ2n) is 3.83. The van der Waals surface area contributed by atoms with E-state index in [9.17, 15) is 0 Å². The van der Waals surface area contributed by atoms with E-state index in [0.29, 0.717) is 0 Å². The Morgan fingerprint density at radius 3 is 2.21 bits per heavy atom. The molecule has 0 amide bonds. The van der Waals surface area contributed by atoms with Crippen LogP contribution in [0.15, 0.2) is 24.3 Å². The van der Waals surface area contributed by atoms with Gasteiger partial charge in [0, 0.05) is 0 Å². The number of allylic oxidation sites excluding steroid dienone is 4. The average molecular weight is 194 g/mol. The van der Waals surface area contributed by atoms with Crippen molar-refractivity contribution in [1.29, 1.82) is 0 Å². The number of hydrogen-bond donors (Lipinski definition) is 0. The predicted molar refractivity (Wildman–Crippen MR) is 66.6 cm³/mol. The topological polar surface area (TPSA) is 0 Å². The molecule has 0 saturated carbocycles. The van der Waals surface area contributed by atoms with Gasteiger partial charge in [-0.15, -0.1) is 0 Å². The maximum Gasteiger partial charge on any atom is -0.0169 e. The maximum absolute atomic E-state index is 2.32. The smallest absolute Gasteiger partial charge is 0.0169 e. The highest BCUT2D eigenvalue weighted by molar-refractivity contribution is 4.91. The van der Waals surface area contributed by atoms with Gasteiger partial charge < -0.3 is 0 Å². The molecule has 0 aromatic heterocycles. The Balaban J connectivity index is 3.01. The SMILES string of the molecule is CC=CCC=CCCCCCCCC. The minimum Gasteiger partial charge on any atom is -0.0914 e. The molecule has 0 aliphatic carbocycles. The summed E-state index contributed by atoms with van der Waals surface area (Å²) < 4.78 is 0. The summed E-state index contributed by atoms with van der Waals surface area (Å²) in [6.45, 7) is 4.34. The van der Waals surface area contributed by atoms with Crippen LogP contribution in [-0.4, -0.2) is 0 Å². The van der Waals surface area contributed by atoms with Gasteiger partial charge in [-0.05, 0) is 26.2 Å². The van der Waals surface area contributed by atoms with Gasteiger partial charge in [-0.25, -0.2) is 0 Å². The summed E-state index contributed by atoms with van der Waals surface area (Å²) in [6.07, 6.45) is 19.7.